The number of thiazole rings is 1. The van der Waals surface area contributed by atoms with Crippen LogP contribution in [0.1, 0.15) is 37.3 Å². The molecule has 5 heteroatoms. The van der Waals surface area contributed by atoms with Gasteiger partial charge in [0.1, 0.15) is 0 Å². The molecule has 28 heavy (non-hydrogen) atoms. The van der Waals surface area contributed by atoms with E-state index in [4.69, 9.17) is 9.72 Å². The summed E-state index contributed by atoms with van der Waals surface area (Å²) in [5.74, 6) is 0.122. The second-order valence-electron chi connectivity index (χ2n) is 7.24. The number of nitrogens with zero attached hydrogens (tertiary/aromatic N) is 2. The van der Waals surface area contributed by atoms with Crippen molar-refractivity contribution in [2.45, 2.75) is 45.1 Å². The van der Waals surface area contributed by atoms with Gasteiger partial charge in [-0.05, 0) is 42.9 Å². The van der Waals surface area contributed by atoms with Gasteiger partial charge in [-0.3, -0.25) is 9.69 Å². The van der Waals surface area contributed by atoms with Crippen LogP contribution in [0.3, 0.4) is 0 Å². The van der Waals surface area contributed by atoms with E-state index in [1.165, 1.54) is 11.1 Å². The fraction of sp³-hybridized carbons (Fsp3) is 0.391. The summed E-state index contributed by atoms with van der Waals surface area (Å²) in [4.78, 5) is 19.9. The highest BCUT2D eigenvalue weighted by molar-refractivity contribution is 7.22. The molecule has 2 heterocycles. The summed E-state index contributed by atoms with van der Waals surface area (Å²) in [5.41, 5.74) is 3.44. The van der Waals surface area contributed by atoms with Crippen molar-refractivity contribution in [1.29, 1.82) is 0 Å². The molecule has 1 unspecified atom stereocenters. The highest BCUT2D eigenvalue weighted by atomic mass is 32.1. The minimum absolute atomic E-state index is 0.110. The maximum absolute atomic E-state index is 13.2. The van der Waals surface area contributed by atoms with Gasteiger partial charge in [0.2, 0.25) is 5.91 Å². The van der Waals surface area contributed by atoms with Crippen LogP contribution < -0.4 is 4.90 Å². The lowest BCUT2D eigenvalue weighted by Gasteiger charge is -2.23. The summed E-state index contributed by atoms with van der Waals surface area (Å²) in [5, 5.41) is 0.796. The molecular weight excluding hydrogens is 368 g/mol. The first kappa shape index (κ1) is 19.1. The van der Waals surface area contributed by atoms with E-state index < -0.39 is 0 Å². The van der Waals surface area contributed by atoms with Crippen LogP contribution in [0.4, 0.5) is 5.13 Å². The number of ether oxygens (including phenoxy) is 1. The Balaban J connectivity index is 1.58. The standard InChI is InChI=1S/C23H26N2O2S/c1-2-18-10-6-12-20-22(18)24-23(28-20)25(16-19-11-7-15-27-19)21(26)14-13-17-8-4-3-5-9-17/h3-6,8-10,12,19H,2,7,11,13-16H2,1H3. The molecule has 1 aromatic heterocycles. The van der Waals surface area contributed by atoms with E-state index in [0.29, 0.717) is 13.0 Å². The van der Waals surface area contributed by atoms with E-state index in [1.807, 2.05) is 23.1 Å². The van der Waals surface area contributed by atoms with Gasteiger partial charge in [0.25, 0.3) is 0 Å². The van der Waals surface area contributed by atoms with Crippen molar-refractivity contribution >= 4 is 32.6 Å². The fourth-order valence-corrected chi connectivity index (χ4v) is 4.74. The number of hydrogen-bond acceptors (Lipinski definition) is 4. The molecule has 4 rings (SSSR count). The Morgan fingerprint density at radius 1 is 1.21 bits per heavy atom. The zero-order valence-corrected chi connectivity index (χ0v) is 17.1. The van der Waals surface area contributed by atoms with E-state index in [2.05, 4.69) is 37.3 Å². The molecule has 1 amide bonds. The molecule has 0 radical (unpaired) electrons. The van der Waals surface area contributed by atoms with E-state index in [9.17, 15) is 4.79 Å². The first-order valence-electron chi connectivity index (χ1n) is 10.1. The van der Waals surface area contributed by atoms with Gasteiger partial charge in [0.05, 0.1) is 22.9 Å². The van der Waals surface area contributed by atoms with Gasteiger partial charge in [0, 0.05) is 13.0 Å². The molecule has 1 atom stereocenters. The van der Waals surface area contributed by atoms with Crippen molar-refractivity contribution in [3.8, 4) is 0 Å². The number of aryl methyl sites for hydroxylation is 2. The zero-order valence-electron chi connectivity index (χ0n) is 16.3. The first-order chi connectivity index (χ1) is 13.7. The Hall–Kier alpha value is -2.24. The molecule has 1 fully saturated rings. The summed E-state index contributed by atoms with van der Waals surface area (Å²) < 4.78 is 6.96. The molecule has 4 nitrogen and oxygen atoms in total. The molecule has 3 aromatic rings. The number of rotatable bonds is 7. The zero-order chi connectivity index (χ0) is 19.3. The highest BCUT2D eigenvalue weighted by Crippen LogP contribution is 2.32. The summed E-state index contributed by atoms with van der Waals surface area (Å²) in [7, 11) is 0. The molecule has 0 bridgehead atoms. The van der Waals surface area contributed by atoms with Crippen molar-refractivity contribution < 1.29 is 9.53 Å². The van der Waals surface area contributed by atoms with Crippen LogP contribution in [0.15, 0.2) is 48.5 Å². The van der Waals surface area contributed by atoms with Gasteiger partial charge in [-0.25, -0.2) is 4.98 Å². The van der Waals surface area contributed by atoms with Gasteiger partial charge in [0.15, 0.2) is 5.13 Å². The number of para-hydroxylation sites is 1. The van der Waals surface area contributed by atoms with E-state index in [-0.39, 0.29) is 12.0 Å². The SMILES string of the molecule is CCc1cccc2sc(N(CC3CCCO3)C(=O)CCc3ccccc3)nc12. The lowest BCUT2D eigenvalue weighted by atomic mass is 10.1. The molecule has 0 aliphatic carbocycles. The monoisotopic (exact) mass is 394 g/mol. The van der Waals surface area contributed by atoms with Gasteiger partial charge in [-0.15, -0.1) is 0 Å². The molecule has 0 saturated carbocycles. The molecule has 0 N–H and O–H groups in total. The van der Waals surface area contributed by atoms with Crippen LogP contribution in [0, 0.1) is 0 Å². The number of aromatic nitrogens is 1. The predicted molar refractivity (Wildman–Crippen MR) is 115 cm³/mol. The van der Waals surface area contributed by atoms with Gasteiger partial charge in [-0.1, -0.05) is 60.7 Å². The minimum Gasteiger partial charge on any atom is -0.376 e. The fourth-order valence-electron chi connectivity index (χ4n) is 3.70. The number of carbonyl (C=O) groups excluding carboxylic acids is 1. The van der Waals surface area contributed by atoms with Crippen LogP contribution in [0.5, 0.6) is 0 Å². The van der Waals surface area contributed by atoms with E-state index in [1.54, 1.807) is 11.3 Å². The summed E-state index contributed by atoms with van der Waals surface area (Å²) in [6, 6.07) is 16.5. The van der Waals surface area contributed by atoms with Crippen molar-refractivity contribution in [2.75, 3.05) is 18.1 Å². The van der Waals surface area contributed by atoms with Crippen LogP contribution in [0.25, 0.3) is 10.2 Å². The smallest absolute Gasteiger partial charge is 0.229 e. The van der Waals surface area contributed by atoms with Crippen molar-refractivity contribution in [3.63, 3.8) is 0 Å². The van der Waals surface area contributed by atoms with Crippen molar-refractivity contribution in [2.24, 2.45) is 0 Å². The summed E-state index contributed by atoms with van der Waals surface area (Å²) in [6.07, 6.45) is 4.34. The third kappa shape index (κ3) is 4.26. The molecule has 2 aromatic carbocycles. The third-order valence-corrected chi connectivity index (χ3v) is 6.33. The third-order valence-electron chi connectivity index (χ3n) is 5.28. The Bertz CT molecular complexity index is 932. The lowest BCUT2D eigenvalue weighted by Crippen LogP contribution is -2.37. The van der Waals surface area contributed by atoms with Crippen LogP contribution >= 0.6 is 11.3 Å². The number of amides is 1. The van der Waals surface area contributed by atoms with Gasteiger partial charge >= 0.3 is 0 Å². The normalized spacial score (nSPS) is 16.5. The average Bonchev–Trinajstić information content (AvgIpc) is 3.40. The molecule has 0 spiro atoms. The minimum atomic E-state index is 0.110. The summed E-state index contributed by atoms with van der Waals surface area (Å²) >= 11 is 1.61. The van der Waals surface area contributed by atoms with Gasteiger partial charge in [-0.2, -0.15) is 0 Å². The lowest BCUT2D eigenvalue weighted by molar-refractivity contribution is -0.119. The molecular formula is C23H26N2O2S. The number of anilines is 1. The Labute approximate surface area is 170 Å². The van der Waals surface area contributed by atoms with Crippen molar-refractivity contribution in [3.05, 3.63) is 59.7 Å². The number of hydrogen-bond donors (Lipinski definition) is 0. The topological polar surface area (TPSA) is 42.4 Å². The highest BCUT2D eigenvalue weighted by Gasteiger charge is 2.26. The first-order valence-corrected chi connectivity index (χ1v) is 10.9. The molecule has 1 aliphatic heterocycles. The van der Waals surface area contributed by atoms with Crippen LogP contribution in [-0.4, -0.2) is 30.1 Å². The largest absolute Gasteiger partial charge is 0.376 e. The summed E-state index contributed by atoms with van der Waals surface area (Å²) in [6.45, 7) is 3.52. The Morgan fingerprint density at radius 2 is 2.07 bits per heavy atom. The predicted octanol–water partition coefficient (Wildman–Crippen LogP) is 5.00. The van der Waals surface area contributed by atoms with E-state index >= 15 is 0 Å². The Morgan fingerprint density at radius 3 is 2.82 bits per heavy atom. The maximum Gasteiger partial charge on any atom is 0.229 e. The Kier molecular flexibility index (Phi) is 6.03. The number of fused-ring (bicyclic) bond motifs is 1. The van der Waals surface area contributed by atoms with Gasteiger partial charge < -0.3 is 4.74 Å². The second-order valence-corrected chi connectivity index (χ2v) is 8.25. The van der Waals surface area contributed by atoms with E-state index in [0.717, 1.165) is 47.6 Å². The second kappa shape index (κ2) is 8.84. The average molecular weight is 395 g/mol. The molecule has 1 aliphatic rings. The van der Waals surface area contributed by atoms with Crippen LogP contribution in [0.2, 0.25) is 0 Å². The number of carbonyl (C=O) groups is 1. The molecule has 146 valence electrons. The number of benzene rings is 2. The van der Waals surface area contributed by atoms with Crippen molar-refractivity contribution in [1.82, 2.24) is 4.98 Å². The quantitative estimate of drug-likeness (QED) is 0.566. The molecule has 1 saturated heterocycles. The maximum atomic E-state index is 13.2. The van der Waals surface area contributed by atoms with Crippen LogP contribution in [-0.2, 0) is 22.4 Å².